The van der Waals surface area contributed by atoms with Gasteiger partial charge in [-0.15, -0.1) is 0 Å². The van der Waals surface area contributed by atoms with Crippen LogP contribution in [0, 0.1) is 6.92 Å². The van der Waals surface area contributed by atoms with Crippen LogP contribution < -0.4 is 10.6 Å². The Kier molecular flexibility index (Phi) is 4.27. The normalized spacial score (nSPS) is 10.6. The number of aromatic nitrogens is 2. The molecule has 1 aromatic heterocycles. The number of aryl methyl sites for hydroxylation is 1. The molecule has 0 spiro atoms. The summed E-state index contributed by atoms with van der Waals surface area (Å²) in [5.41, 5.74) is 8.37. The van der Waals surface area contributed by atoms with E-state index in [0.717, 1.165) is 11.4 Å². The monoisotopic (exact) mass is 340 g/mol. The van der Waals surface area contributed by atoms with E-state index in [9.17, 15) is 4.79 Å². The quantitative estimate of drug-likeness (QED) is 0.739. The minimum atomic E-state index is -0.243. The highest BCUT2D eigenvalue weighted by Crippen LogP contribution is 2.25. The molecule has 0 radical (unpaired) electrons. The number of amides is 1. The molecule has 0 saturated heterocycles. The number of benzene rings is 2. The Bertz CT molecular complexity index is 889. The summed E-state index contributed by atoms with van der Waals surface area (Å²) in [4.78, 5) is 14.4. The zero-order chi connectivity index (χ0) is 17.3. The number of para-hydroxylation sites is 1. The molecule has 0 saturated carbocycles. The molecule has 122 valence electrons. The summed E-state index contributed by atoms with van der Waals surface area (Å²) in [6.07, 6.45) is 0. The Labute approximate surface area is 145 Å². The fraction of sp³-hybridized carbons (Fsp3) is 0.111. The van der Waals surface area contributed by atoms with Gasteiger partial charge in [-0.25, -0.2) is 4.68 Å². The molecule has 1 amide bonds. The molecular formula is C18H17ClN4O. The maximum atomic E-state index is 12.9. The largest absolute Gasteiger partial charge is 0.398 e. The van der Waals surface area contributed by atoms with Crippen LogP contribution in [0.15, 0.2) is 54.6 Å². The van der Waals surface area contributed by atoms with Gasteiger partial charge in [0, 0.05) is 23.8 Å². The number of nitrogens with zero attached hydrogens (tertiary/aromatic N) is 3. The van der Waals surface area contributed by atoms with Crippen LogP contribution in [0.25, 0.3) is 5.69 Å². The molecule has 1 heterocycles. The van der Waals surface area contributed by atoms with Crippen LogP contribution in [0.4, 0.5) is 11.5 Å². The van der Waals surface area contributed by atoms with Gasteiger partial charge in [0.1, 0.15) is 5.82 Å². The summed E-state index contributed by atoms with van der Waals surface area (Å²) in [5, 5.41) is 4.95. The van der Waals surface area contributed by atoms with Crippen molar-refractivity contribution in [1.82, 2.24) is 9.78 Å². The van der Waals surface area contributed by atoms with E-state index in [2.05, 4.69) is 5.10 Å². The Hall–Kier alpha value is -2.79. The molecule has 6 heteroatoms. The van der Waals surface area contributed by atoms with Crippen molar-refractivity contribution >= 4 is 29.0 Å². The lowest BCUT2D eigenvalue weighted by Gasteiger charge is -2.19. The van der Waals surface area contributed by atoms with E-state index < -0.39 is 0 Å². The lowest BCUT2D eigenvalue weighted by atomic mass is 10.1. The van der Waals surface area contributed by atoms with E-state index in [0.29, 0.717) is 22.1 Å². The number of nitrogen functional groups attached to an aromatic ring is 1. The number of hydrogen-bond acceptors (Lipinski definition) is 3. The average molecular weight is 341 g/mol. The minimum absolute atomic E-state index is 0.243. The van der Waals surface area contributed by atoms with Gasteiger partial charge in [-0.2, -0.15) is 5.10 Å². The summed E-state index contributed by atoms with van der Waals surface area (Å²) < 4.78 is 1.73. The Balaban J connectivity index is 2.03. The summed E-state index contributed by atoms with van der Waals surface area (Å²) in [5.74, 6) is 0.412. The van der Waals surface area contributed by atoms with Gasteiger partial charge in [0.05, 0.1) is 16.9 Å². The predicted octanol–water partition coefficient (Wildman–Crippen LogP) is 3.69. The van der Waals surface area contributed by atoms with E-state index in [-0.39, 0.29) is 5.91 Å². The van der Waals surface area contributed by atoms with Crippen LogP contribution in [0.2, 0.25) is 5.02 Å². The van der Waals surface area contributed by atoms with Gasteiger partial charge in [-0.1, -0.05) is 29.8 Å². The molecule has 0 unspecified atom stereocenters. The first kappa shape index (κ1) is 16.1. The van der Waals surface area contributed by atoms with Crippen LogP contribution >= 0.6 is 11.6 Å². The first-order valence-electron chi connectivity index (χ1n) is 7.42. The Morgan fingerprint density at radius 2 is 1.88 bits per heavy atom. The van der Waals surface area contributed by atoms with Gasteiger partial charge in [-0.3, -0.25) is 9.69 Å². The fourth-order valence-corrected chi connectivity index (χ4v) is 2.65. The molecule has 2 aromatic carbocycles. The summed E-state index contributed by atoms with van der Waals surface area (Å²) in [6, 6.07) is 16.4. The number of nitrogens with two attached hydrogens (primary N) is 1. The molecule has 5 nitrogen and oxygen atoms in total. The highest BCUT2D eigenvalue weighted by atomic mass is 35.5. The zero-order valence-electron chi connectivity index (χ0n) is 13.4. The van der Waals surface area contributed by atoms with E-state index in [1.54, 1.807) is 29.9 Å². The van der Waals surface area contributed by atoms with Crippen LogP contribution in [0.3, 0.4) is 0 Å². The van der Waals surface area contributed by atoms with E-state index in [1.165, 1.54) is 4.90 Å². The summed E-state index contributed by atoms with van der Waals surface area (Å²) >= 11 is 6.00. The molecule has 24 heavy (non-hydrogen) atoms. The number of anilines is 2. The van der Waals surface area contributed by atoms with Gasteiger partial charge in [0.25, 0.3) is 5.91 Å². The average Bonchev–Trinajstić information content (AvgIpc) is 2.98. The molecule has 0 aliphatic heterocycles. The third-order valence-electron chi connectivity index (χ3n) is 3.71. The molecule has 2 N–H and O–H groups in total. The molecule has 0 aliphatic rings. The standard InChI is InChI=1S/C18H17ClN4O/c1-12-10-17(23(21-12)14-6-4-3-5-7-14)22(2)18(24)15-11-13(19)8-9-16(15)20/h3-11H,20H2,1-2H3. The van der Waals surface area contributed by atoms with E-state index >= 15 is 0 Å². The number of rotatable bonds is 3. The number of halogens is 1. The maximum absolute atomic E-state index is 12.9. The third-order valence-corrected chi connectivity index (χ3v) is 3.94. The van der Waals surface area contributed by atoms with Gasteiger partial charge >= 0.3 is 0 Å². The van der Waals surface area contributed by atoms with Crippen molar-refractivity contribution in [2.24, 2.45) is 0 Å². The molecule has 3 aromatic rings. The van der Waals surface area contributed by atoms with Crippen molar-refractivity contribution < 1.29 is 4.79 Å². The molecule has 0 fully saturated rings. The smallest absolute Gasteiger partial charge is 0.261 e. The van der Waals surface area contributed by atoms with Crippen molar-refractivity contribution in [2.75, 3.05) is 17.7 Å². The first-order valence-corrected chi connectivity index (χ1v) is 7.80. The van der Waals surface area contributed by atoms with Gasteiger partial charge in [0.15, 0.2) is 0 Å². The highest BCUT2D eigenvalue weighted by molar-refractivity contribution is 6.31. The van der Waals surface area contributed by atoms with Crippen molar-refractivity contribution in [3.63, 3.8) is 0 Å². The van der Waals surface area contributed by atoms with Crippen molar-refractivity contribution in [2.45, 2.75) is 6.92 Å². The van der Waals surface area contributed by atoms with Gasteiger partial charge in [0.2, 0.25) is 0 Å². The maximum Gasteiger partial charge on any atom is 0.261 e. The fourth-order valence-electron chi connectivity index (χ4n) is 2.48. The molecular weight excluding hydrogens is 324 g/mol. The molecule has 3 rings (SSSR count). The molecule has 0 aliphatic carbocycles. The van der Waals surface area contributed by atoms with Crippen molar-refractivity contribution in [3.05, 3.63) is 70.9 Å². The third kappa shape index (κ3) is 2.98. The summed E-state index contributed by atoms with van der Waals surface area (Å²) in [7, 11) is 1.69. The number of carbonyl (C=O) groups excluding carboxylic acids is 1. The van der Waals surface area contributed by atoms with Crippen LogP contribution in [-0.2, 0) is 0 Å². The van der Waals surface area contributed by atoms with Crippen molar-refractivity contribution in [3.8, 4) is 5.69 Å². The minimum Gasteiger partial charge on any atom is -0.398 e. The second kappa shape index (κ2) is 6.37. The second-order valence-corrected chi connectivity index (χ2v) is 5.92. The number of hydrogen-bond donors (Lipinski definition) is 1. The van der Waals surface area contributed by atoms with Crippen LogP contribution in [0.5, 0.6) is 0 Å². The lowest BCUT2D eigenvalue weighted by Crippen LogP contribution is -2.29. The predicted molar refractivity (Wildman–Crippen MR) is 96.9 cm³/mol. The Morgan fingerprint density at radius 1 is 1.17 bits per heavy atom. The second-order valence-electron chi connectivity index (χ2n) is 5.49. The van der Waals surface area contributed by atoms with Crippen molar-refractivity contribution in [1.29, 1.82) is 0 Å². The van der Waals surface area contributed by atoms with Crippen LogP contribution in [-0.4, -0.2) is 22.7 Å². The van der Waals surface area contributed by atoms with Gasteiger partial charge < -0.3 is 5.73 Å². The number of carbonyl (C=O) groups is 1. The van der Waals surface area contributed by atoms with Crippen LogP contribution in [0.1, 0.15) is 16.1 Å². The molecule has 0 bridgehead atoms. The molecule has 0 atom stereocenters. The lowest BCUT2D eigenvalue weighted by molar-refractivity contribution is 0.0992. The Morgan fingerprint density at radius 3 is 2.58 bits per heavy atom. The first-order chi connectivity index (χ1) is 11.5. The summed E-state index contributed by atoms with van der Waals surface area (Å²) in [6.45, 7) is 1.88. The zero-order valence-corrected chi connectivity index (χ0v) is 14.2. The van der Waals surface area contributed by atoms with E-state index in [4.69, 9.17) is 17.3 Å². The topological polar surface area (TPSA) is 64.2 Å². The van der Waals surface area contributed by atoms with Gasteiger partial charge in [-0.05, 0) is 37.3 Å². The highest BCUT2D eigenvalue weighted by Gasteiger charge is 2.21. The van der Waals surface area contributed by atoms with E-state index in [1.807, 2.05) is 43.3 Å². The SMILES string of the molecule is Cc1cc(N(C)C(=O)c2cc(Cl)ccc2N)n(-c2ccccc2)n1.